The Morgan fingerprint density at radius 3 is 2.29 bits per heavy atom. The highest BCUT2D eigenvalue weighted by molar-refractivity contribution is 5.13. The molecule has 0 aromatic rings. The lowest BCUT2D eigenvalue weighted by molar-refractivity contribution is -0.133. The van der Waals surface area contributed by atoms with Gasteiger partial charge < -0.3 is 5.11 Å². The molecule has 0 radical (unpaired) electrons. The molecule has 0 unspecified atom stereocenters. The molecule has 2 fully saturated rings. The van der Waals surface area contributed by atoms with Gasteiger partial charge in [-0.3, -0.25) is 0 Å². The highest BCUT2D eigenvalue weighted by atomic mass is 16.3. The summed E-state index contributed by atoms with van der Waals surface area (Å²) in [6.07, 6.45) is 6.64. The van der Waals surface area contributed by atoms with Crippen LogP contribution in [0.4, 0.5) is 0 Å². The van der Waals surface area contributed by atoms with Gasteiger partial charge in [0.15, 0.2) is 0 Å². The van der Waals surface area contributed by atoms with Gasteiger partial charge >= 0.3 is 0 Å². The Hall–Kier alpha value is -0.550. The zero-order valence-corrected chi connectivity index (χ0v) is 14.8. The zero-order chi connectivity index (χ0) is 16.1. The second-order valence-electron chi connectivity index (χ2n) is 9.54. The van der Waals surface area contributed by atoms with E-state index in [0.717, 1.165) is 19.3 Å². The van der Waals surface area contributed by atoms with Crippen molar-refractivity contribution in [2.45, 2.75) is 85.7 Å². The van der Waals surface area contributed by atoms with Crippen LogP contribution >= 0.6 is 0 Å². The van der Waals surface area contributed by atoms with E-state index in [0.29, 0.717) is 11.3 Å². The zero-order valence-electron chi connectivity index (χ0n) is 14.8. The van der Waals surface area contributed by atoms with Gasteiger partial charge in [0, 0.05) is 0 Å². The number of aliphatic hydroxyl groups is 1. The minimum atomic E-state index is -0.699. The molecule has 0 amide bonds. The van der Waals surface area contributed by atoms with Gasteiger partial charge in [0.1, 0.15) is 0 Å². The fourth-order valence-corrected chi connectivity index (χ4v) is 5.74. The molecule has 0 saturated heterocycles. The number of hydrogen-bond donors (Lipinski definition) is 1. The van der Waals surface area contributed by atoms with Gasteiger partial charge in [0.05, 0.1) is 17.1 Å². The molecule has 2 saturated carbocycles. The van der Waals surface area contributed by atoms with E-state index in [4.69, 9.17) is 0 Å². The van der Waals surface area contributed by atoms with Crippen LogP contribution in [0.25, 0.3) is 0 Å². The van der Waals surface area contributed by atoms with Crippen LogP contribution in [0.15, 0.2) is 0 Å². The fraction of sp³-hybridized carbons (Fsp3) is 0.947. The summed E-state index contributed by atoms with van der Waals surface area (Å²) in [7, 11) is 0. The van der Waals surface area contributed by atoms with E-state index in [-0.39, 0.29) is 16.7 Å². The minimum absolute atomic E-state index is 0.185. The molecule has 4 atom stereocenters. The van der Waals surface area contributed by atoms with Gasteiger partial charge in [-0.2, -0.15) is 5.26 Å². The topological polar surface area (TPSA) is 44.0 Å². The van der Waals surface area contributed by atoms with Gasteiger partial charge in [-0.1, -0.05) is 27.2 Å². The first-order chi connectivity index (χ1) is 9.45. The van der Waals surface area contributed by atoms with Crippen molar-refractivity contribution in [3.63, 3.8) is 0 Å². The van der Waals surface area contributed by atoms with Crippen LogP contribution in [0, 0.1) is 39.4 Å². The van der Waals surface area contributed by atoms with Crippen LogP contribution in [0.5, 0.6) is 0 Å². The lowest BCUT2D eigenvalue weighted by Gasteiger charge is -2.61. The predicted octanol–water partition coefficient (Wildman–Crippen LogP) is 4.92. The third-order valence-corrected chi connectivity index (χ3v) is 6.75. The maximum Gasteiger partial charge on any atom is 0.0689 e. The second-order valence-corrected chi connectivity index (χ2v) is 9.54. The SMILES string of the molecule is CC(C)(O)C[C@@H]1[C@@]2(C)CCCC(C)(C)[C@@H]2CC[C@]1(C)C#N. The molecule has 2 aliphatic rings. The third kappa shape index (κ3) is 2.87. The molecule has 0 aromatic heterocycles. The van der Waals surface area contributed by atoms with Crippen molar-refractivity contribution in [1.29, 1.82) is 5.26 Å². The van der Waals surface area contributed by atoms with E-state index in [1.807, 2.05) is 13.8 Å². The largest absolute Gasteiger partial charge is 0.390 e. The Morgan fingerprint density at radius 1 is 1.14 bits per heavy atom. The quantitative estimate of drug-likeness (QED) is 0.784. The maximum atomic E-state index is 10.4. The number of fused-ring (bicyclic) bond motifs is 1. The van der Waals surface area contributed by atoms with Crippen LogP contribution in [-0.2, 0) is 0 Å². The second kappa shape index (κ2) is 4.98. The average Bonchev–Trinajstić information content (AvgIpc) is 2.32. The summed E-state index contributed by atoms with van der Waals surface area (Å²) >= 11 is 0. The van der Waals surface area contributed by atoms with E-state index in [1.165, 1.54) is 19.3 Å². The van der Waals surface area contributed by atoms with Crippen molar-refractivity contribution in [3.05, 3.63) is 0 Å². The van der Waals surface area contributed by atoms with Crippen LogP contribution in [-0.4, -0.2) is 10.7 Å². The van der Waals surface area contributed by atoms with Gasteiger partial charge in [-0.05, 0) is 75.5 Å². The van der Waals surface area contributed by atoms with E-state index < -0.39 is 5.60 Å². The van der Waals surface area contributed by atoms with Crippen LogP contribution in [0.3, 0.4) is 0 Å². The summed E-state index contributed by atoms with van der Waals surface area (Å²) in [5, 5.41) is 20.2. The highest BCUT2D eigenvalue weighted by Crippen LogP contribution is 2.65. The molecule has 2 nitrogen and oxygen atoms in total. The highest BCUT2D eigenvalue weighted by Gasteiger charge is 2.59. The first-order valence-corrected chi connectivity index (χ1v) is 8.58. The molecule has 0 spiro atoms. The van der Waals surface area contributed by atoms with Gasteiger partial charge in [0.25, 0.3) is 0 Å². The molecule has 1 N–H and O–H groups in total. The average molecular weight is 291 g/mol. The number of nitriles is 1. The first-order valence-electron chi connectivity index (χ1n) is 8.58. The van der Waals surface area contributed by atoms with Crippen molar-refractivity contribution < 1.29 is 5.11 Å². The molecule has 0 heterocycles. The molecule has 0 aliphatic heterocycles. The Bertz CT molecular complexity index is 441. The summed E-state index contributed by atoms with van der Waals surface area (Å²) < 4.78 is 0. The standard InChI is InChI=1S/C19H33NO/c1-16(2)9-7-10-19(6)14(16)8-11-18(5,13-20)15(19)12-17(3,4)21/h14-15,21H,7-12H2,1-6H3/t14-,15-,18+,19-/m0/s1. The lowest BCUT2D eigenvalue weighted by Crippen LogP contribution is -2.55. The Kier molecular flexibility index (Phi) is 3.99. The van der Waals surface area contributed by atoms with Crippen molar-refractivity contribution in [3.8, 4) is 6.07 Å². The first kappa shape index (κ1) is 16.8. The monoisotopic (exact) mass is 291 g/mol. The predicted molar refractivity (Wildman–Crippen MR) is 86.6 cm³/mol. The van der Waals surface area contributed by atoms with Crippen molar-refractivity contribution in [2.75, 3.05) is 0 Å². The number of hydrogen-bond acceptors (Lipinski definition) is 2. The van der Waals surface area contributed by atoms with Gasteiger partial charge in [-0.15, -0.1) is 0 Å². The lowest BCUT2D eigenvalue weighted by atomic mass is 9.42. The number of rotatable bonds is 2. The van der Waals surface area contributed by atoms with E-state index in [9.17, 15) is 10.4 Å². The molecular formula is C19H33NO. The Morgan fingerprint density at radius 2 is 1.76 bits per heavy atom. The van der Waals surface area contributed by atoms with Crippen LogP contribution < -0.4 is 0 Å². The minimum Gasteiger partial charge on any atom is -0.390 e. The molecular weight excluding hydrogens is 258 g/mol. The Balaban J connectivity index is 2.45. The van der Waals surface area contributed by atoms with Crippen LogP contribution in [0.2, 0.25) is 0 Å². The fourth-order valence-electron chi connectivity index (χ4n) is 5.74. The van der Waals surface area contributed by atoms with E-state index in [1.54, 1.807) is 0 Å². The maximum absolute atomic E-state index is 10.4. The van der Waals surface area contributed by atoms with Gasteiger partial charge in [0.2, 0.25) is 0 Å². The van der Waals surface area contributed by atoms with Crippen molar-refractivity contribution in [1.82, 2.24) is 0 Å². The molecule has 0 bridgehead atoms. The molecule has 120 valence electrons. The van der Waals surface area contributed by atoms with E-state index >= 15 is 0 Å². The smallest absolute Gasteiger partial charge is 0.0689 e. The molecule has 2 rings (SSSR count). The summed E-state index contributed by atoms with van der Waals surface area (Å²) in [6.45, 7) is 13.1. The summed E-state index contributed by atoms with van der Waals surface area (Å²) in [5.41, 5.74) is -0.444. The van der Waals surface area contributed by atoms with Crippen molar-refractivity contribution in [2.24, 2.45) is 28.1 Å². The molecule has 21 heavy (non-hydrogen) atoms. The molecule has 0 aromatic carbocycles. The summed E-state index contributed by atoms with van der Waals surface area (Å²) in [5.74, 6) is 0.959. The summed E-state index contributed by atoms with van der Waals surface area (Å²) in [6, 6.07) is 2.63. The van der Waals surface area contributed by atoms with Gasteiger partial charge in [-0.25, -0.2) is 0 Å². The van der Waals surface area contributed by atoms with Crippen molar-refractivity contribution >= 4 is 0 Å². The summed E-state index contributed by atoms with van der Waals surface area (Å²) in [4.78, 5) is 0. The third-order valence-electron chi connectivity index (χ3n) is 6.75. The number of nitrogens with zero attached hydrogens (tertiary/aromatic N) is 1. The molecule has 2 aliphatic carbocycles. The Labute approximate surface area is 130 Å². The van der Waals surface area contributed by atoms with E-state index in [2.05, 4.69) is 33.8 Å². The van der Waals surface area contributed by atoms with Crippen LogP contribution in [0.1, 0.15) is 80.1 Å². The molecule has 2 heteroatoms. The normalized spacial score (nSPS) is 43.0.